The van der Waals surface area contributed by atoms with Gasteiger partial charge >= 0.3 is 0 Å². The van der Waals surface area contributed by atoms with Crippen LogP contribution in [0.5, 0.6) is 0 Å². The number of amides is 1. The molecule has 1 aromatic rings. The molecule has 0 radical (unpaired) electrons. The van der Waals surface area contributed by atoms with E-state index in [2.05, 4.69) is 17.6 Å². The van der Waals surface area contributed by atoms with E-state index in [4.69, 9.17) is 23.2 Å². The molecule has 0 saturated carbocycles. The Morgan fingerprint density at radius 1 is 1.52 bits per heavy atom. The molecule has 2 N–H and O–H groups in total. The van der Waals surface area contributed by atoms with E-state index in [1.54, 1.807) is 0 Å². The number of piperidine rings is 1. The molecule has 0 aromatic carbocycles. The van der Waals surface area contributed by atoms with E-state index in [0.717, 1.165) is 42.3 Å². The van der Waals surface area contributed by atoms with Crippen LogP contribution in [0, 0.1) is 5.92 Å². The largest absolute Gasteiger partial charge is 0.352 e. The van der Waals surface area contributed by atoms with Gasteiger partial charge in [0.25, 0.3) is 0 Å². The van der Waals surface area contributed by atoms with Gasteiger partial charge < -0.3 is 10.6 Å². The van der Waals surface area contributed by atoms with Gasteiger partial charge in [-0.3, -0.25) is 4.79 Å². The molecule has 1 amide bonds. The number of halogens is 3. The average Bonchev–Trinajstić information content (AvgIpc) is 2.71. The van der Waals surface area contributed by atoms with Gasteiger partial charge in [-0.2, -0.15) is 0 Å². The van der Waals surface area contributed by atoms with Crippen LogP contribution in [0.25, 0.3) is 0 Å². The van der Waals surface area contributed by atoms with Crippen LogP contribution < -0.4 is 10.6 Å². The highest BCUT2D eigenvalue weighted by molar-refractivity contribution is 7.20. The maximum absolute atomic E-state index is 11.9. The summed E-state index contributed by atoms with van der Waals surface area (Å²) in [5, 5.41) is 6.43. The third kappa shape index (κ3) is 5.95. The molecule has 0 bridgehead atoms. The van der Waals surface area contributed by atoms with Crippen LogP contribution in [0.15, 0.2) is 6.07 Å². The first-order chi connectivity index (χ1) is 9.56. The SMILES string of the molecule is CC1CCNCC1NC(=O)CCCc1cc(Cl)sc1Cl.Cl. The summed E-state index contributed by atoms with van der Waals surface area (Å²) in [4.78, 5) is 11.9. The van der Waals surface area contributed by atoms with E-state index in [1.165, 1.54) is 11.3 Å². The van der Waals surface area contributed by atoms with Gasteiger partial charge in [0.2, 0.25) is 5.91 Å². The molecule has 1 aliphatic rings. The highest BCUT2D eigenvalue weighted by atomic mass is 35.5. The lowest BCUT2D eigenvalue weighted by atomic mass is 9.94. The van der Waals surface area contributed by atoms with Gasteiger partial charge in [0.15, 0.2) is 0 Å². The number of aryl methyl sites for hydroxylation is 1. The summed E-state index contributed by atoms with van der Waals surface area (Å²) in [7, 11) is 0. The quantitative estimate of drug-likeness (QED) is 0.824. The Morgan fingerprint density at radius 3 is 2.90 bits per heavy atom. The molecule has 21 heavy (non-hydrogen) atoms. The number of nitrogens with one attached hydrogen (secondary N) is 2. The van der Waals surface area contributed by atoms with Crippen LogP contribution in [-0.2, 0) is 11.2 Å². The third-order valence-corrected chi connectivity index (χ3v) is 5.32. The molecule has 0 aliphatic carbocycles. The molecule has 1 aliphatic heterocycles. The van der Waals surface area contributed by atoms with Gasteiger partial charge in [-0.05, 0) is 43.4 Å². The van der Waals surface area contributed by atoms with Gasteiger partial charge in [-0.25, -0.2) is 0 Å². The Hall–Kier alpha value is -0.000000000000000222. The van der Waals surface area contributed by atoms with Crippen LogP contribution in [-0.4, -0.2) is 25.0 Å². The van der Waals surface area contributed by atoms with Gasteiger partial charge in [-0.15, -0.1) is 23.7 Å². The Bertz CT molecular complexity index is 467. The first-order valence-corrected chi connectivity index (χ1v) is 8.57. The third-order valence-electron chi connectivity index (χ3n) is 3.75. The molecule has 2 heterocycles. The van der Waals surface area contributed by atoms with Crippen LogP contribution in [0.3, 0.4) is 0 Å². The minimum absolute atomic E-state index is 0. The van der Waals surface area contributed by atoms with Gasteiger partial charge in [0.05, 0.1) is 8.67 Å². The summed E-state index contributed by atoms with van der Waals surface area (Å²) in [5.41, 5.74) is 1.04. The first-order valence-electron chi connectivity index (χ1n) is 7.00. The predicted molar refractivity (Wildman–Crippen MR) is 93.1 cm³/mol. The van der Waals surface area contributed by atoms with Crippen LogP contribution in [0.4, 0.5) is 0 Å². The second kappa shape index (κ2) is 9.21. The number of hydrogen-bond donors (Lipinski definition) is 2. The lowest BCUT2D eigenvalue weighted by molar-refractivity contribution is -0.122. The minimum atomic E-state index is 0. The lowest BCUT2D eigenvalue weighted by Gasteiger charge is -2.30. The topological polar surface area (TPSA) is 41.1 Å². The summed E-state index contributed by atoms with van der Waals surface area (Å²) in [6.45, 7) is 4.11. The second-order valence-electron chi connectivity index (χ2n) is 5.35. The van der Waals surface area contributed by atoms with Crippen molar-refractivity contribution in [3.05, 3.63) is 20.3 Å². The second-order valence-corrected chi connectivity index (χ2v) is 7.63. The molecule has 2 unspecified atom stereocenters. The van der Waals surface area contributed by atoms with E-state index in [0.29, 0.717) is 16.7 Å². The molecule has 3 nitrogen and oxygen atoms in total. The summed E-state index contributed by atoms with van der Waals surface area (Å²) in [6, 6.07) is 2.15. The number of carbonyl (C=O) groups excluding carboxylic acids is 1. The van der Waals surface area contributed by atoms with Gasteiger partial charge in [0, 0.05) is 19.0 Å². The van der Waals surface area contributed by atoms with E-state index in [-0.39, 0.29) is 24.4 Å². The average molecular weight is 372 g/mol. The van der Waals surface area contributed by atoms with Gasteiger partial charge in [0.1, 0.15) is 0 Å². The number of carbonyl (C=O) groups is 1. The van der Waals surface area contributed by atoms with Crippen molar-refractivity contribution in [2.24, 2.45) is 5.92 Å². The minimum Gasteiger partial charge on any atom is -0.352 e. The fraction of sp³-hybridized carbons (Fsp3) is 0.643. The highest BCUT2D eigenvalue weighted by Gasteiger charge is 2.22. The predicted octanol–water partition coefficient (Wildman–Crippen LogP) is 3.91. The number of rotatable bonds is 5. The standard InChI is InChI=1S/C14H20Cl2N2OS.ClH/c1-9-5-6-17-8-11(9)18-13(19)4-2-3-10-7-12(15)20-14(10)16;/h7,9,11,17H,2-6,8H2,1H3,(H,18,19);1H. The molecular formula is C14H21Cl3N2OS. The van der Waals surface area contributed by atoms with E-state index in [1.807, 2.05) is 6.07 Å². The smallest absolute Gasteiger partial charge is 0.220 e. The van der Waals surface area contributed by atoms with Crippen molar-refractivity contribution in [3.8, 4) is 0 Å². The monoisotopic (exact) mass is 370 g/mol. The molecule has 120 valence electrons. The summed E-state index contributed by atoms with van der Waals surface area (Å²) in [5.74, 6) is 0.674. The van der Waals surface area contributed by atoms with E-state index < -0.39 is 0 Å². The zero-order chi connectivity index (χ0) is 14.5. The Morgan fingerprint density at radius 2 is 2.29 bits per heavy atom. The maximum atomic E-state index is 11.9. The molecule has 1 saturated heterocycles. The normalized spacial score (nSPS) is 21.7. The molecule has 1 aromatic heterocycles. The molecule has 1 fully saturated rings. The molecule has 7 heteroatoms. The maximum Gasteiger partial charge on any atom is 0.220 e. The van der Waals surface area contributed by atoms with Crippen molar-refractivity contribution in [2.45, 2.75) is 38.6 Å². The van der Waals surface area contributed by atoms with Crippen molar-refractivity contribution in [3.63, 3.8) is 0 Å². The summed E-state index contributed by atoms with van der Waals surface area (Å²) < 4.78 is 1.44. The van der Waals surface area contributed by atoms with Crippen molar-refractivity contribution in [1.29, 1.82) is 0 Å². The lowest BCUT2D eigenvalue weighted by Crippen LogP contribution is -2.50. The molecular weight excluding hydrogens is 351 g/mol. The molecule has 0 spiro atoms. The van der Waals surface area contributed by atoms with Crippen LogP contribution in [0.1, 0.15) is 31.7 Å². The van der Waals surface area contributed by atoms with E-state index >= 15 is 0 Å². The Labute approximate surface area is 146 Å². The highest BCUT2D eigenvalue weighted by Crippen LogP contribution is 2.32. The van der Waals surface area contributed by atoms with Crippen LogP contribution >= 0.6 is 46.9 Å². The zero-order valence-corrected chi connectivity index (χ0v) is 15.1. The molecule has 2 rings (SSSR count). The van der Waals surface area contributed by atoms with Gasteiger partial charge in [-0.1, -0.05) is 30.1 Å². The van der Waals surface area contributed by atoms with Crippen molar-refractivity contribution in [2.75, 3.05) is 13.1 Å². The zero-order valence-electron chi connectivity index (χ0n) is 12.0. The van der Waals surface area contributed by atoms with Crippen LogP contribution in [0.2, 0.25) is 8.67 Å². The Kier molecular flexibility index (Phi) is 8.35. The number of thiophene rings is 1. The fourth-order valence-corrected chi connectivity index (χ4v) is 3.99. The summed E-state index contributed by atoms with van der Waals surface area (Å²) >= 11 is 13.3. The van der Waals surface area contributed by atoms with Crippen molar-refractivity contribution < 1.29 is 4.79 Å². The Balaban J connectivity index is 0.00000220. The van der Waals surface area contributed by atoms with Crippen molar-refractivity contribution >= 4 is 52.9 Å². The number of hydrogen-bond acceptors (Lipinski definition) is 3. The van der Waals surface area contributed by atoms with Crippen molar-refractivity contribution in [1.82, 2.24) is 10.6 Å². The summed E-state index contributed by atoms with van der Waals surface area (Å²) in [6.07, 6.45) is 3.25. The van der Waals surface area contributed by atoms with E-state index in [9.17, 15) is 4.79 Å². The first kappa shape index (κ1) is 19.0. The molecule has 2 atom stereocenters. The fourth-order valence-electron chi connectivity index (χ4n) is 2.45.